The van der Waals surface area contributed by atoms with Gasteiger partial charge in [-0.05, 0) is 38.5 Å². The van der Waals surface area contributed by atoms with E-state index in [2.05, 4.69) is 6.92 Å². The highest BCUT2D eigenvalue weighted by Crippen LogP contribution is 2.26. The molecule has 0 spiro atoms. The molecule has 3 heteroatoms. The SMILES string of the molecule is CC(N)CCC(=O)OC1CCCCC1C. The fourth-order valence-electron chi connectivity index (χ4n) is 2.03. The van der Waals surface area contributed by atoms with Crippen molar-refractivity contribution in [3.05, 3.63) is 0 Å². The first kappa shape index (κ1) is 12.5. The van der Waals surface area contributed by atoms with E-state index in [1.54, 1.807) is 0 Å². The van der Waals surface area contributed by atoms with E-state index in [9.17, 15) is 4.79 Å². The maximum absolute atomic E-state index is 11.5. The molecule has 1 rings (SSSR count). The van der Waals surface area contributed by atoms with Crippen LogP contribution in [0.5, 0.6) is 0 Å². The van der Waals surface area contributed by atoms with E-state index in [0.717, 1.165) is 12.8 Å². The van der Waals surface area contributed by atoms with Gasteiger partial charge >= 0.3 is 5.97 Å². The Bertz CT molecular complexity index is 204. The molecule has 3 nitrogen and oxygen atoms in total. The quantitative estimate of drug-likeness (QED) is 0.729. The molecule has 1 saturated carbocycles. The van der Waals surface area contributed by atoms with Gasteiger partial charge in [0.05, 0.1) is 0 Å². The normalized spacial score (nSPS) is 28.5. The van der Waals surface area contributed by atoms with Crippen LogP contribution in [-0.2, 0) is 9.53 Å². The minimum absolute atomic E-state index is 0.0777. The van der Waals surface area contributed by atoms with Gasteiger partial charge in [0, 0.05) is 12.5 Å². The molecule has 0 heterocycles. The molecule has 3 unspecified atom stereocenters. The standard InChI is InChI=1S/C12H23NO2/c1-9-5-3-4-6-11(9)15-12(14)8-7-10(2)13/h9-11H,3-8,13H2,1-2H3. The summed E-state index contributed by atoms with van der Waals surface area (Å²) in [5.41, 5.74) is 5.59. The zero-order valence-electron chi connectivity index (χ0n) is 9.87. The number of hydrogen-bond acceptors (Lipinski definition) is 3. The Kier molecular flexibility index (Phi) is 5.09. The summed E-state index contributed by atoms with van der Waals surface area (Å²) >= 11 is 0. The fraction of sp³-hybridized carbons (Fsp3) is 0.917. The van der Waals surface area contributed by atoms with Crippen molar-refractivity contribution in [3.63, 3.8) is 0 Å². The molecule has 0 radical (unpaired) electrons. The van der Waals surface area contributed by atoms with Gasteiger partial charge in [-0.2, -0.15) is 0 Å². The number of ether oxygens (including phenoxy) is 1. The molecule has 0 aromatic carbocycles. The van der Waals surface area contributed by atoms with E-state index < -0.39 is 0 Å². The van der Waals surface area contributed by atoms with E-state index >= 15 is 0 Å². The maximum atomic E-state index is 11.5. The van der Waals surface area contributed by atoms with Crippen LogP contribution in [0, 0.1) is 5.92 Å². The van der Waals surface area contributed by atoms with Crippen molar-refractivity contribution < 1.29 is 9.53 Å². The zero-order chi connectivity index (χ0) is 11.3. The van der Waals surface area contributed by atoms with Crippen LogP contribution in [-0.4, -0.2) is 18.1 Å². The minimum atomic E-state index is -0.0777. The summed E-state index contributed by atoms with van der Waals surface area (Å²) in [5.74, 6) is 0.448. The van der Waals surface area contributed by atoms with Gasteiger partial charge in [-0.3, -0.25) is 4.79 Å². The maximum Gasteiger partial charge on any atom is 0.306 e. The van der Waals surface area contributed by atoms with Gasteiger partial charge < -0.3 is 10.5 Å². The van der Waals surface area contributed by atoms with Crippen molar-refractivity contribution >= 4 is 5.97 Å². The van der Waals surface area contributed by atoms with Crippen LogP contribution >= 0.6 is 0 Å². The lowest BCUT2D eigenvalue weighted by atomic mass is 9.88. The Morgan fingerprint density at radius 2 is 2.13 bits per heavy atom. The van der Waals surface area contributed by atoms with Gasteiger partial charge in [0.2, 0.25) is 0 Å². The Hall–Kier alpha value is -0.570. The molecule has 0 aromatic heterocycles. The number of esters is 1. The fourth-order valence-corrected chi connectivity index (χ4v) is 2.03. The van der Waals surface area contributed by atoms with E-state index in [-0.39, 0.29) is 18.1 Å². The first-order valence-electron chi connectivity index (χ1n) is 6.04. The van der Waals surface area contributed by atoms with Crippen molar-refractivity contribution in [3.8, 4) is 0 Å². The molecule has 3 atom stereocenters. The van der Waals surface area contributed by atoms with Crippen molar-refractivity contribution in [1.29, 1.82) is 0 Å². The number of hydrogen-bond donors (Lipinski definition) is 1. The zero-order valence-corrected chi connectivity index (χ0v) is 9.87. The van der Waals surface area contributed by atoms with Crippen LogP contribution in [0.15, 0.2) is 0 Å². The molecule has 1 fully saturated rings. The third-order valence-corrected chi connectivity index (χ3v) is 3.12. The van der Waals surface area contributed by atoms with Crippen molar-refractivity contribution in [2.24, 2.45) is 11.7 Å². The lowest BCUT2D eigenvalue weighted by Crippen LogP contribution is -2.28. The monoisotopic (exact) mass is 213 g/mol. The largest absolute Gasteiger partial charge is 0.462 e. The summed E-state index contributed by atoms with van der Waals surface area (Å²) in [6, 6.07) is 0.0846. The van der Waals surface area contributed by atoms with E-state index in [1.807, 2.05) is 6.92 Å². The van der Waals surface area contributed by atoms with Gasteiger partial charge in [0.25, 0.3) is 0 Å². The molecular weight excluding hydrogens is 190 g/mol. The second-order valence-corrected chi connectivity index (χ2v) is 4.81. The summed E-state index contributed by atoms with van der Waals surface area (Å²) < 4.78 is 5.46. The molecule has 1 aliphatic carbocycles. The number of nitrogens with two attached hydrogens (primary N) is 1. The van der Waals surface area contributed by atoms with Crippen LogP contribution in [0.3, 0.4) is 0 Å². The van der Waals surface area contributed by atoms with Gasteiger partial charge in [-0.1, -0.05) is 13.3 Å². The highest BCUT2D eigenvalue weighted by molar-refractivity contribution is 5.69. The number of carbonyl (C=O) groups is 1. The van der Waals surface area contributed by atoms with E-state index in [1.165, 1.54) is 19.3 Å². The van der Waals surface area contributed by atoms with Crippen LogP contribution in [0.25, 0.3) is 0 Å². The number of rotatable bonds is 4. The van der Waals surface area contributed by atoms with Gasteiger partial charge in [-0.15, -0.1) is 0 Å². The Balaban J connectivity index is 2.24. The third kappa shape index (κ3) is 4.65. The summed E-state index contributed by atoms with van der Waals surface area (Å²) in [4.78, 5) is 11.5. The van der Waals surface area contributed by atoms with Gasteiger partial charge in [-0.25, -0.2) is 0 Å². The van der Waals surface area contributed by atoms with Crippen LogP contribution in [0.2, 0.25) is 0 Å². The van der Waals surface area contributed by atoms with E-state index in [4.69, 9.17) is 10.5 Å². The van der Waals surface area contributed by atoms with Crippen LogP contribution < -0.4 is 5.73 Å². The van der Waals surface area contributed by atoms with Crippen molar-refractivity contribution in [2.45, 2.75) is 64.5 Å². The second kappa shape index (κ2) is 6.11. The molecule has 0 aromatic rings. The molecule has 15 heavy (non-hydrogen) atoms. The summed E-state index contributed by atoms with van der Waals surface area (Å²) in [6.07, 6.45) is 6.02. The lowest BCUT2D eigenvalue weighted by Gasteiger charge is -2.28. The Morgan fingerprint density at radius 1 is 1.47 bits per heavy atom. The van der Waals surface area contributed by atoms with E-state index in [0.29, 0.717) is 12.3 Å². The van der Waals surface area contributed by atoms with Crippen LogP contribution in [0.1, 0.15) is 52.4 Å². The predicted octanol–water partition coefficient (Wildman–Crippen LogP) is 2.24. The lowest BCUT2D eigenvalue weighted by molar-refractivity contribution is -0.153. The topological polar surface area (TPSA) is 52.3 Å². The predicted molar refractivity (Wildman–Crippen MR) is 60.4 cm³/mol. The Morgan fingerprint density at radius 3 is 2.73 bits per heavy atom. The second-order valence-electron chi connectivity index (χ2n) is 4.81. The molecule has 0 aliphatic heterocycles. The molecule has 88 valence electrons. The first-order chi connectivity index (χ1) is 7.09. The first-order valence-corrected chi connectivity index (χ1v) is 6.04. The Labute approximate surface area is 92.4 Å². The van der Waals surface area contributed by atoms with Crippen molar-refractivity contribution in [1.82, 2.24) is 0 Å². The average Bonchev–Trinajstić information content (AvgIpc) is 2.18. The third-order valence-electron chi connectivity index (χ3n) is 3.12. The highest BCUT2D eigenvalue weighted by Gasteiger charge is 2.24. The molecule has 1 aliphatic rings. The molecule has 0 saturated heterocycles. The van der Waals surface area contributed by atoms with Gasteiger partial charge in [0.15, 0.2) is 0 Å². The minimum Gasteiger partial charge on any atom is -0.462 e. The summed E-state index contributed by atoms with van der Waals surface area (Å²) in [5, 5.41) is 0. The molecule has 0 amide bonds. The molecule has 2 N–H and O–H groups in total. The molecular formula is C12H23NO2. The number of carbonyl (C=O) groups excluding carboxylic acids is 1. The van der Waals surface area contributed by atoms with Gasteiger partial charge in [0.1, 0.15) is 6.10 Å². The van der Waals surface area contributed by atoms with Crippen molar-refractivity contribution in [2.75, 3.05) is 0 Å². The highest BCUT2D eigenvalue weighted by atomic mass is 16.5. The summed E-state index contributed by atoms with van der Waals surface area (Å²) in [7, 11) is 0. The van der Waals surface area contributed by atoms with Crippen LogP contribution in [0.4, 0.5) is 0 Å². The summed E-state index contributed by atoms with van der Waals surface area (Å²) in [6.45, 7) is 4.08. The average molecular weight is 213 g/mol. The molecule has 0 bridgehead atoms. The smallest absolute Gasteiger partial charge is 0.306 e.